The van der Waals surface area contributed by atoms with Crippen molar-refractivity contribution in [3.63, 3.8) is 0 Å². The molecule has 1 amide bonds. The predicted octanol–water partition coefficient (Wildman–Crippen LogP) is 3.04. The first-order chi connectivity index (χ1) is 13.8. The third-order valence-corrected chi connectivity index (χ3v) is 5.29. The molecule has 0 radical (unpaired) electrons. The number of aromatic nitrogens is 3. The predicted molar refractivity (Wildman–Crippen MR) is 101 cm³/mol. The van der Waals surface area contributed by atoms with E-state index in [4.69, 9.17) is 9.47 Å². The largest absolute Gasteiger partial charge is 0.445 e. The van der Waals surface area contributed by atoms with E-state index < -0.39 is 0 Å². The summed E-state index contributed by atoms with van der Waals surface area (Å²) >= 11 is 0. The Balaban J connectivity index is 1.30. The van der Waals surface area contributed by atoms with Gasteiger partial charge in [0.2, 0.25) is 0 Å². The van der Waals surface area contributed by atoms with Crippen molar-refractivity contribution in [2.24, 2.45) is 0 Å². The summed E-state index contributed by atoms with van der Waals surface area (Å²) in [4.78, 5) is 14.2. The number of carbonyl (C=O) groups excluding carboxylic acids is 1. The Bertz CT molecular complexity index is 974. The van der Waals surface area contributed by atoms with Crippen molar-refractivity contribution in [2.75, 3.05) is 13.1 Å². The molecule has 2 atom stereocenters. The molecule has 1 saturated heterocycles. The highest BCUT2D eigenvalue weighted by Crippen LogP contribution is 2.34. The molecule has 1 fully saturated rings. The van der Waals surface area contributed by atoms with Crippen molar-refractivity contribution in [3.05, 3.63) is 71.9 Å². The molecule has 7 nitrogen and oxygen atoms in total. The van der Waals surface area contributed by atoms with Gasteiger partial charge in [-0.2, -0.15) is 0 Å². The summed E-state index contributed by atoms with van der Waals surface area (Å²) in [5, 5.41) is 8.74. The number of rotatable bonds is 3. The lowest BCUT2D eigenvalue weighted by Crippen LogP contribution is -2.32. The molecule has 0 unspecified atom stereocenters. The Morgan fingerprint density at radius 1 is 1.07 bits per heavy atom. The number of hydrogen-bond donors (Lipinski definition) is 0. The number of carbonyl (C=O) groups is 1. The molecule has 0 aliphatic carbocycles. The highest BCUT2D eigenvalue weighted by atomic mass is 16.6. The lowest BCUT2D eigenvalue weighted by atomic mass is 10.1. The van der Waals surface area contributed by atoms with Gasteiger partial charge in [0.1, 0.15) is 12.3 Å². The fraction of sp³-hybridized carbons (Fsp3) is 0.286. The van der Waals surface area contributed by atoms with Gasteiger partial charge < -0.3 is 14.4 Å². The maximum Gasteiger partial charge on any atom is 0.410 e. The molecule has 0 spiro atoms. The van der Waals surface area contributed by atoms with Crippen LogP contribution in [-0.4, -0.2) is 45.2 Å². The average molecular weight is 376 g/mol. The fourth-order valence-corrected chi connectivity index (χ4v) is 3.84. The molecule has 2 aliphatic rings. The van der Waals surface area contributed by atoms with Gasteiger partial charge in [0, 0.05) is 12.1 Å². The van der Waals surface area contributed by atoms with Crippen LogP contribution >= 0.6 is 0 Å². The summed E-state index contributed by atoms with van der Waals surface area (Å²) in [6, 6.07) is 19.6. The van der Waals surface area contributed by atoms with Crippen molar-refractivity contribution in [1.29, 1.82) is 0 Å². The second-order valence-corrected chi connectivity index (χ2v) is 7.06. The molecule has 3 aromatic rings. The zero-order valence-electron chi connectivity index (χ0n) is 15.3. The van der Waals surface area contributed by atoms with E-state index in [1.165, 1.54) is 0 Å². The lowest BCUT2D eigenvalue weighted by molar-refractivity contribution is -0.00500. The van der Waals surface area contributed by atoms with E-state index in [0.717, 1.165) is 22.5 Å². The maximum atomic E-state index is 12.5. The quantitative estimate of drug-likeness (QED) is 0.703. The van der Waals surface area contributed by atoms with E-state index in [1.807, 2.05) is 65.3 Å². The van der Waals surface area contributed by atoms with Gasteiger partial charge >= 0.3 is 6.09 Å². The Kier molecular flexibility index (Phi) is 4.29. The van der Waals surface area contributed by atoms with Crippen LogP contribution in [0, 0.1) is 0 Å². The number of likely N-dealkylation sites (tertiary alicyclic amines) is 1. The van der Waals surface area contributed by atoms with Gasteiger partial charge in [-0.15, -0.1) is 5.10 Å². The summed E-state index contributed by atoms with van der Waals surface area (Å²) in [7, 11) is 0. The number of amides is 1. The standard InChI is InChI=1S/C21H20N4O3/c26-21(28-13-15-7-3-1-4-8-15)24-11-17-19(12-24)27-14-18-20(22-23-25(17)18)16-9-5-2-6-10-16/h1-10,17,19H,11-14H2/t17-,19-/m0/s1. The highest BCUT2D eigenvalue weighted by molar-refractivity contribution is 5.68. The third kappa shape index (κ3) is 3.03. The van der Waals surface area contributed by atoms with Crippen molar-refractivity contribution < 1.29 is 14.3 Å². The monoisotopic (exact) mass is 376 g/mol. The second-order valence-electron chi connectivity index (χ2n) is 7.06. The summed E-state index contributed by atoms with van der Waals surface area (Å²) in [5.74, 6) is 0. The van der Waals surface area contributed by atoms with E-state index in [-0.39, 0.29) is 24.8 Å². The summed E-state index contributed by atoms with van der Waals surface area (Å²) < 4.78 is 13.4. The number of hydrogen-bond acceptors (Lipinski definition) is 5. The van der Waals surface area contributed by atoms with Crippen LogP contribution in [0.1, 0.15) is 17.3 Å². The van der Waals surface area contributed by atoms with Gasteiger partial charge in [0.05, 0.1) is 31.0 Å². The molecule has 2 aromatic carbocycles. The van der Waals surface area contributed by atoms with E-state index in [1.54, 1.807) is 4.90 Å². The highest BCUT2D eigenvalue weighted by Gasteiger charge is 2.42. The van der Waals surface area contributed by atoms with Gasteiger partial charge in [-0.3, -0.25) is 0 Å². The molecular formula is C21H20N4O3. The minimum Gasteiger partial charge on any atom is -0.445 e. The molecule has 1 aromatic heterocycles. The SMILES string of the molecule is O=C(OCc1ccccc1)N1C[C@@H]2OCc3c(-c4ccccc4)nnn3[C@H]2C1. The molecule has 2 aliphatic heterocycles. The number of fused-ring (bicyclic) bond motifs is 3. The number of ether oxygens (including phenoxy) is 2. The van der Waals surface area contributed by atoms with Crippen LogP contribution in [0.2, 0.25) is 0 Å². The molecular weight excluding hydrogens is 356 g/mol. The first-order valence-electron chi connectivity index (χ1n) is 9.36. The third-order valence-electron chi connectivity index (χ3n) is 5.29. The van der Waals surface area contributed by atoms with Crippen molar-refractivity contribution in [1.82, 2.24) is 19.9 Å². The number of benzene rings is 2. The fourth-order valence-electron chi connectivity index (χ4n) is 3.84. The van der Waals surface area contributed by atoms with E-state index in [2.05, 4.69) is 10.3 Å². The molecule has 0 N–H and O–H groups in total. The Morgan fingerprint density at radius 3 is 2.61 bits per heavy atom. The average Bonchev–Trinajstić information content (AvgIpc) is 3.37. The first kappa shape index (κ1) is 16.9. The van der Waals surface area contributed by atoms with E-state index >= 15 is 0 Å². The lowest BCUT2D eigenvalue weighted by Gasteiger charge is -2.26. The Labute approximate surface area is 162 Å². The maximum absolute atomic E-state index is 12.5. The molecule has 28 heavy (non-hydrogen) atoms. The van der Waals surface area contributed by atoms with Gasteiger partial charge in [-0.05, 0) is 5.56 Å². The molecule has 3 heterocycles. The summed E-state index contributed by atoms with van der Waals surface area (Å²) in [5.41, 5.74) is 3.77. The Hall–Kier alpha value is -3.19. The van der Waals surface area contributed by atoms with Crippen LogP contribution < -0.4 is 0 Å². The molecule has 0 bridgehead atoms. The van der Waals surface area contributed by atoms with E-state index in [0.29, 0.717) is 19.7 Å². The van der Waals surface area contributed by atoms with Crippen LogP contribution in [0.4, 0.5) is 4.79 Å². The van der Waals surface area contributed by atoms with Crippen molar-refractivity contribution in [3.8, 4) is 11.3 Å². The minimum atomic E-state index is -0.327. The summed E-state index contributed by atoms with van der Waals surface area (Å²) in [6.07, 6.45) is -0.422. The molecule has 142 valence electrons. The normalized spacial score (nSPS) is 20.5. The van der Waals surface area contributed by atoms with Crippen molar-refractivity contribution >= 4 is 6.09 Å². The Morgan fingerprint density at radius 2 is 1.82 bits per heavy atom. The van der Waals surface area contributed by atoms with Gasteiger partial charge in [0.15, 0.2) is 0 Å². The van der Waals surface area contributed by atoms with Crippen LogP contribution in [-0.2, 0) is 22.7 Å². The molecule has 0 saturated carbocycles. The topological polar surface area (TPSA) is 69.5 Å². The zero-order chi connectivity index (χ0) is 18.9. The first-order valence-corrected chi connectivity index (χ1v) is 9.36. The van der Waals surface area contributed by atoms with Gasteiger partial charge in [-0.25, -0.2) is 9.48 Å². The number of nitrogens with zero attached hydrogens (tertiary/aromatic N) is 4. The zero-order valence-corrected chi connectivity index (χ0v) is 15.3. The smallest absolute Gasteiger partial charge is 0.410 e. The van der Waals surface area contributed by atoms with Crippen LogP contribution in [0.25, 0.3) is 11.3 Å². The molecule has 5 rings (SSSR count). The van der Waals surface area contributed by atoms with Gasteiger partial charge in [-0.1, -0.05) is 65.9 Å². The molecule has 7 heteroatoms. The van der Waals surface area contributed by atoms with Crippen LogP contribution in [0.5, 0.6) is 0 Å². The summed E-state index contributed by atoms with van der Waals surface area (Å²) in [6.45, 7) is 1.70. The minimum absolute atomic E-state index is 0.0435. The van der Waals surface area contributed by atoms with Gasteiger partial charge in [0.25, 0.3) is 0 Å². The van der Waals surface area contributed by atoms with Crippen LogP contribution in [0.3, 0.4) is 0 Å². The van der Waals surface area contributed by atoms with E-state index in [9.17, 15) is 4.79 Å². The van der Waals surface area contributed by atoms with Crippen molar-refractivity contribution in [2.45, 2.75) is 25.4 Å². The van der Waals surface area contributed by atoms with Crippen LogP contribution in [0.15, 0.2) is 60.7 Å². The second kappa shape index (κ2) is 7.09.